The minimum absolute atomic E-state index is 0.0365. The smallest absolute Gasteiger partial charge is 0.390 e. The van der Waals surface area contributed by atoms with Gasteiger partial charge >= 0.3 is 7.75 Å². The maximum absolute atomic E-state index is 13.9. The summed E-state index contributed by atoms with van der Waals surface area (Å²) in [6.45, 7) is 1.72. The van der Waals surface area contributed by atoms with Crippen molar-refractivity contribution in [1.82, 2.24) is 15.1 Å². The number of nitriles is 1. The van der Waals surface area contributed by atoms with Crippen molar-refractivity contribution >= 4 is 30.8 Å². The number of H-pyrrole nitrogens is 2. The topological polar surface area (TPSA) is 195 Å². The monoisotopic (exact) mass is 603 g/mol. The average Bonchev–Trinajstić information content (AvgIpc) is 3.74. The third-order valence-corrected chi connectivity index (χ3v) is 9.20. The van der Waals surface area contributed by atoms with Gasteiger partial charge in [0.05, 0.1) is 30.7 Å². The van der Waals surface area contributed by atoms with Gasteiger partial charge in [0, 0.05) is 29.6 Å². The molecule has 2 aromatic heterocycles. The van der Waals surface area contributed by atoms with Gasteiger partial charge in [0.2, 0.25) is 0 Å². The van der Waals surface area contributed by atoms with Crippen molar-refractivity contribution < 1.29 is 23.5 Å². The number of benzene rings is 2. The lowest BCUT2D eigenvalue weighted by molar-refractivity contribution is -0.0518. The molecule has 0 spiro atoms. The summed E-state index contributed by atoms with van der Waals surface area (Å²) in [5.74, 6) is -0.617. The molecule has 13 heteroatoms. The van der Waals surface area contributed by atoms with Crippen molar-refractivity contribution in [2.24, 2.45) is 16.6 Å². The molecule has 1 aliphatic rings. The number of nitrogens with two attached hydrogens (primary N) is 1. The number of amidine groups is 1. The quantitative estimate of drug-likeness (QED) is 0.0746. The van der Waals surface area contributed by atoms with Crippen LogP contribution in [0.15, 0.2) is 77.9 Å². The SMILES string of the molecule is CC1C(O)C(COP(=O)(NCCc2c[nH]c3ccccc23)OCc2ccccc2)OC1(C#N)c1ccc(C(N)=NC=N)[nH]1. The van der Waals surface area contributed by atoms with E-state index >= 15 is 0 Å². The number of fused-ring (bicyclic) bond motifs is 1. The van der Waals surface area contributed by atoms with E-state index in [1.165, 1.54) is 0 Å². The Kier molecular flexibility index (Phi) is 9.22. The standard InChI is InChI=1S/C30H34N7O5P/c1-20-28(38)26(42-30(20,18-31)27-12-11-25(37-27)29(33)35-19-32)17-41-43(39,40-16-21-7-3-2-4-8-21)36-14-13-22-15-34-24-10-6-5-9-23(22)24/h2-12,15,19-20,26,28,34,37-38H,13-14,16-17H2,1H3,(H,36,39)(H3,32,33,35). The molecule has 0 aliphatic carbocycles. The van der Waals surface area contributed by atoms with Crippen molar-refractivity contribution in [3.63, 3.8) is 0 Å². The molecule has 12 nitrogen and oxygen atoms in total. The molecule has 0 saturated carbocycles. The molecule has 5 rings (SSSR count). The van der Waals surface area contributed by atoms with Gasteiger partial charge in [-0.15, -0.1) is 0 Å². The summed E-state index contributed by atoms with van der Waals surface area (Å²) in [7, 11) is -3.90. The van der Waals surface area contributed by atoms with Crippen LogP contribution in [0.25, 0.3) is 10.9 Å². The zero-order valence-corrected chi connectivity index (χ0v) is 24.5. The highest BCUT2D eigenvalue weighted by molar-refractivity contribution is 7.51. The number of ether oxygens (including phenoxy) is 1. The van der Waals surface area contributed by atoms with Gasteiger partial charge in [0.1, 0.15) is 24.3 Å². The number of nitrogens with zero attached hydrogens (tertiary/aromatic N) is 2. The van der Waals surface area contributed by atoms with Gasteiger partial charge in [-0.3, -0.25) is 14.5 Å². The highest BCUT2D eigenvalue weighted by Gasteiger charge is 2.55. The van der Waals surface area contributed by atoms with Crippen LogP contribution in [-0.4, -0.2) is 52.6 Å². The van der Waals surface area contributed by atoms with Crippen LogP contribution in [0.2, 0.25) is 0 Å². The Labute approximate surface area is 249 Å². The van der Waals surface area contributed by atoms with E-state index in [1.807, 2.05) is 60.8 Å². The van der Waals surface area contributed by atoms with E-state index < -0.39 is 31.5 Å². The fourth-order valence-corrected chi connectivity index (χ4v) is 6.51. The van der Waals surface area contributed by atoms with Crippen LogP contribution in [0.3, 0.4) is 0 Å². The van der Waals surface area contributed by atoms with E-state index in [-0.39, 0.29) is 19.0 Å². The predicted octanol–water partition coefficient (Wildman–Crippen LogP) is 4.10. The van der Waals surface area contributed by atoms with Crippen LogP contribution in [0.1, 0.15) is 29.4 Å². The maximum atomic E-state index is 13.9. The van der Waals surface area contributed by atoms with Gasteiger partial charge in [-0.25, -0.2) is 14.6 Å². The number of aromatic amines is 2. The first-order chi connectivity index (χ1) is 20.8. The molecule has 7 N–H and O–H groups in total. The van der Waals surface area contributed by atoms with E-state index in [0.29, 0.717) is 24.4 Å². The Bertz CT molecular complexity index is 1680. The van der Waals surface area contributed by atoms with Gasteiger partial charge in [-0.05, 0) is 35.7 Å². The Morgan fingerprint density at radius 3 is 2.77 bits per heavy atom. The first-order valence-electron chi connectivity index (χ1n) is 13.8. The van der Waals surface area contributed by atoms with Crippen LogP contribution in [0.5, 0.6) is 0 Å². The van der Waals surface area contributed by atoms with Gasteiger partial charge < -0.3 is 25.5 Å². The van der Waals surface area contributed by atoms with Crippen molar-refractivity contribution in [2.75, 3.05) is 13.2 Å². The molecule has 3 heterocycles. The van der Waals surface area contributed by atoms with E-state index in [9.17, 15) is 14.9 Å². The molecule has 1 saturated heterocycles. The van der Waals surface area contributed by atoms with Crippen molar-refractivity contribution in [2.45, 2.75) is 37.8 Å². The summed E-state index contributed by atoms with van der Waals surface area (Å²) in [4.78, 5) is 9.99. The lowest BCUT2D eigenvalue weighted by Crippen LogP contribution is -2.33. The molecule has 2 aromatic carbocycles. The first kappa shape index (κ1) is 30.4. The van der Waals surface area contributed by atoms with E-state index in [1.54, 1.807) is 19.1 Å². The third kappa shape index (κ3) is 6.48. The normalized spacial score (nSPS) is 23.7. The summed E-state index contributed by atoms with van der Waals surface area (Å²) in [5, 5.41) is 32.5. The van der Waals surface area contributed by atoms with Crippen LogP contribution >= 0.6 is 7.75 Å². The molecular formula is C30H34N7O5P. The molecule has 4 aromatic rings. The number of aromatic nitrogens is 2. The number of para-hydroxylation sites is 1. The molecule has 0 radical (unpaired) electrons. The molecular weight excluding hydrogens is 569 g/mol. The number of hydrogen-bond donors (Lipinski definition) is 6. The summed E-state index contributed by atoms with van der Waals surface area (Å²) < 4.78 is 31.8. The van der Waals surface area contributed by atoms with Crippen molar-refractivity contribution in [1.29, 1.82) is 10.7 Å². The zero-order valence-electron chi connectivity index (χ0n) is 23.6. The van der Waals surface area contributed by atoms with E-state index in [4.69, 9.17) is 24.9 Å². The number of aliphatic hydroxyl groups excluding tert-OH is 1. The molecule has 0 amide bonds. The minimum atomic E-state index is -3.90. The Balaban J connectivity index is 1.30. The lowest BCUT2D eigenvalue weighted by Gasteiger charge is -2.25. The summed E-state index contributed by atoms with van der Waals surface area (Å²) in [6.07, 6.45) is 1.19. The van der Waals surface area contributed by atoms with Crippen molar-refractivity contribution in [3.8, 4) is 6.07 Å². The largest absolute Gasteiger partial charge is 0.405 e. The first-order valence-corrected chi connectivity index (χ1v) is 15.3. The molecule has 224 valence electrons. The number of aliphatic hydroxyl groups is 1. The number of rotatable bonds is 13. The lowest BCUT2D eigenvalue weighted by atomic mass is 9.85. The van der Waals surface area contributed by atoms with Crippen LogP contribution < -0.4 is 10.8 Å². The number of nitrogens with one attached hydrogen (secondary N) is 4. The Morgan fingerprint density at radius 1 is 1.23 bits per heavy atom. The molecule has 43 heavy (non-hydrogen) atoms. The van der Waals surface area contributed by atoms with Gasteiger partial charge in [-0.1, -0.05) is 55.5 Å². The fraction of sp³-hybridized carbons (Fsp3) is 0.300. The maximum Gasteiger partial charge on any atom is 0.405 e. The Morgan fingerprint density at radius 2 is 2.00 bits per heavy atom. The minimum Gasteiger partial charge on any atom is -0.390 e. The fourth-order valence-electron chi connectivity index (χ4n) is 5.21. The molecule has 5 atom stereocenters. The molecule has 0 bridgehead atoms. The van der Waals surface area contributed by atoms with Crippen molar-refractivity contribution in [3.05, 3.63) is 95.4 Å². The van der Waals surface area contributed by atoms with E-state index in [0.717, 1.165) is 28.4 Å². The molecule has 5 unspecified atom stereocenters. The number of aliphatic imine (C=N–C) groups is 1. The highest BCUT2D eigenvalue weighted by atomic mass is 31.2. The van der Waals surface area contributed by atoms with Crippen LogP contribution in [0.4, 0.5) is 0 Å². The summed E-state index contributed by atoms with van der Waals surface area (Å²) >= 11 is 0. The van der Waals surface area contributed by atoms with Gasteiger partial charge in [0.25, 0.3) is 0 Å². The Hall–Kier alpha value is -4.08. The number of hydrogen-bond acceptors (Lipinski definition) is 7. The molecule has 1 fully saturated rings. The van der Waals surface area contributed by atoms with Gasteiger partial charge in [-0.2, -0.15) is 5.26 Å². The van der Waals surface area contributed by atoms with E-state index in [2.05, 4.69) is 26.1 Å². The van der Waals surface area contributed by atoms with Crippen LogP contribution in [0, 0.1) is 22.7 Å². The zero-order chi connectivity index (χ0) is 30.5. The summed E-state index contributed by atoms with van der Waals surface area (Å²) in [6, 6.07) is 22.7. The summed E-state index contributed by atoms with van der Waals surface area (Å²) in [5.41, 5.74) is 7.96. The van der Waals surface area contributed by atoms with Gasteiger partial charge in [0.15, 0.2) is 5.60 Å². The third-order valence-electron chi connectivity index (χ3n) is 7.63. The second kappa shape index (κ2) is 13.1. The molecule has 1 aliphatic heterocycles. The van der Waals surface area contributed by atoms with Crippen LogP contribution in [-0.2, 0) is 37.0 Å². The second-order valence-electron chi connectivity index (χ2n) is 10.3. The highest BCUT2D eigenvalue weighted by Crippen LogP contribution is 2.48. The average molecular weight is 604 g/mol. The predicted molar refractivity (Wildman–Crippen MR) is 162 cm³/mol. The second-order valence-corrected chi connectivity index (χ2v) is 12.1.